The van der Waals surface area contributed by atoms with E-state index in [1.165, 1.54) is 0 Å². The molecule has 0 saturated carbocycles. The second-order valence-electron chi connectivity index (χ2n) is 6.09. The summed E-state index contributed by atoms with van der Waals surface area (Å²) in [6, 6.07) is 7.92. The number of nitrogens with zero attached hydrogens (tertiary/aromatic N) is 3. The first-order valence-corrected chi connectivity index (χ1v) is 7.03. The maximum atomic E-state index is 12.4. The van der Waals surface area contributed by atoms with Crippen molar-refractivity contribution in [2.45, 2.75) is 13.8 Å². The highest BCUT2D eigenvalue weighted by Gasteiger charge is 2.41. The van der Waals surface area contributed by atoms with E-state index >= 15 is 0 Å². The van der Waals surface area contributed by atoms with Gasteiger partial charge in [0.25, 0.3) is 5.91 Å². The fraction of sp³-hybridized carbons (Fsp3) is 0.375. The van der Waals surface area contributed by atoms with Crippen molar-refractivity contribution in [3.63, 3.8) is 0 Å². The summed E-state index contributed by atoms with van der Waals surface area (Å²) in [6.07, 6.45) is 3.36. The molecule has 0 atom stereocenters. The van der Waals surface area contributed by atoms with E-state index in [1.807, 2.05) is 38.1 Å². The third kappa shape index (κ3) is 2.45. The van der Waals surface area contributed by atoms with Crippen molar-refractivity contribution in [3.8, 4) is 5.69 Å². The number of aliphatic hydroxyl groups is 1. The van der Waals surface area contributed by atoms with Crippen molar-refractivity contribution in [2.24, 2.45) is 5.41 Å². The Morgan fingerprint density at radius 2 is 2.10 bits per heavy atom. The molecule has 1 amide bonds. The zero-order chi connectivity index (χ0) is 15.0. The van der Waals surface area contributed by atoms with Crippen LogP contribution in [0.1, 0.15) is 22.8 Å². The molecule has 1 aromatic carbocycles. The largest absolute Gasteiger partial charge is 0.396 e. The van der Waals surface area contributed by atoms with Crippen LogP contribution in [0.2, 0.25) is 0 Å². The van der Waals surface area contributed by atoms with Gasteiger partial charge in [-0.2, -0.15) is 5.10 Å². The Labute approximate surface area is 123 Å². The highest BCUT2D eigenvalue weighted by molar-refractivity contribution is 5.94. The number of aromatic nitrogens is 2. The van der Waals surface area contributed by atoms with Gasteiger partial charge in [0.1, 0.15) is 0 Å². The number of likely N-dealkylation sites (tertiary alicyclic amines) is 1. The summed E-state index contributed by atoms with van der Waals surface area (Å²) in [7, 11) is 0. The Morgan fingerprint density at radius 1 is 1.38 bits per heavy atom. The number of hydrogen-bond donors (Lipinski definition) is 1. The summed E-state index contributed by atoms with van der Waals surface area (Å²) in [4.78, 5) is 14.1. The van der Waals surface area contributed by atoms with Crippen molar-refractivity contribution in [3.05, 3.63) is 47.8 Å². The average molecular weight is 285 g/mol. The molecule has 2 heterocycles. The minimum atomic E-state index is -0.151. The lowest BCUT2D eigenvalue weighted by atomic mass is 9.82. The van der Waals surface area contributed by atoms with Gasteiger partial charge in [0.2, 0.25) is 0 Å². The number of carbonyl (C=O) groups is 1. The maximum Gasteiger partial charge on any atom is 0.257 e. The maximum absolute atomic E-state index is 12.4. The Bertz CT molecular complexity index is 672. The molecule has 21 heavy (non-hydrogen) atoms. The second-order valence-corrected chi connectivity index (χ2v) is 6.09. The molecule has 5 heteroatoms. The van der Waals surface area contributed by atoms with E-state index in [-0.39, 0.29) is 17.9 Å². The van der Waals surface area contributed by atoms with E-state index in [2.05, 4.69) is 5.10 Å². The van der Waals surface area contributed by atoms with Crippen LogP contribution < -0.4 is 0 Å². The molecule has 1 aliphatic heterocycles. The summed E-state index contributed by atoms with van der Waals surface area (Å²) < 4.78 is 1.73. The SMILES string of the molecule is Cc1ccccc1-n1cc(C(=O)N2CC(C)(CO)C2)cn1. The van der Waals surface area contributed by atoms with Crippen molar-refractivity contribution in [1.29, 1.82) is 0 Å². The number of para-hydroxylation sites is 1. The lowest BCUT2D eigenvalue weighted by Crippen LogP contribution is -2.58. The Hall–Kier alpha value is -2.14. The average Bonchev–Trinajstić information content (AvgIpc) is 2.93. The van der Waals surface area contributed by atoms with E-state index in [0.29, 0.717) is 18.7 Å². The van der Waals surface area contributed by atoms with Crippen LogP contribution in [0, 0.1) is 12.3 Å². The van der Waals surface area contributed by atoms with Crippen LogP contribution in [0.15, 0.2) is 36.7 Å². The zero-order valence-corrected chi connectivity index (χ0v) is 12.3. The van der Waals surface area contributed by atoms with Crippen LogP contribution >= 0.6 is 0 Å². The summed E-state index contributed by atoms with van der Waals surface area (Å²) >= 11 is 0. The fourth-order valence-electron chi connectivity index (χ4n) is 2.69. The van der Waals surface area contributed by atoms with Crippen LogP contribution in [0.4, 0.5) is 0 Å². The fourth-order valence-corrected chi connectivity index (χ4v) is 2.69. The van der Waals surface area contributed by atoms with Gasteiger partial charge in [-0.25, -0.2) is 4.68 Å². The molecule has 1 fully saturated rings. The molecule has 0 aliphatic carbocycles. The standard InChI is InChI=1S/C16H19N3O2/c1-12-5-3-4-6-14(12)19-8-13(7-17-19)15(21)18-9-16(2,10-18)11-20/h3-8,20H,9-11H2,1-2H3. The Balaban J connectivity index is 1.77. The number of aliphatic hydroxyl groups excluding tert-OH is 1. The van der Waals surface area contributed by atoms with Crippen molar-refractivity contribution < 1.29 is 9.90 Å². The smallest absolute Gasteiger partial charge is 0.257 e. The van der Waals surface area contributed by atoms with Crippen LogP contribution in [0.5, 0.6) is 0 Å². The van der Waals surface area contributed by atoms with E-state index in [1.54, 1.807) is 22.0 Å². The van der Waals surface area contributed by atoms with Crippen molar-refractivity contribution >= 4 is 5.91 Å². The molecule has 0 spiro atoms. The molecule has 0 bridgehead atoms. The first-order chi connectivity index (χ1) is 10.0. The van der Waals surface area contributed by atoms with E-state index in [4.69, 9.17) is 0 Å². The van der Waals surface area contributed by atoms with Crippen molar-refractivity contribution in [2.75, 3.05) is 19.7 Å². The summed E-state index contributed by atoms with van der Waals surface area (Å²) in [5.41, 5.74) is 2.51. The molecule has 1 aromatic heterocycles. The number of amides is 1. The number of benzene rings is 1. The second kappa shape index (κ2) is 5.00. The normalized spacial score (nSPS) is 16.6. The lowest BCUT2D eigenvalue weighted by molar-refractivity contribution is -0.0153. The summed E-state index contributed by atoms with van der Waals surface area (Å²) in [5, 5.41) is 13.5. The molecular formula is C16H19N3O2. The molecule has 1 N–H and O–H groups in total. The van der Waals surface area contributed by atoms with Gasteiger partial charge >= 0.3 is 0 Å². The monoisotopic (exact) mass is 285 g/mol. The summed E-state index contributed by atoms with van der Waals surface area (Å²) in [5.74, 6) is -0.0271. The zero-order valence-electron chi connectivity index (χ0n) is 12.3. The van der Waals surface area contributed by atoms with E-state index in [0.717, 1.165) is 11.3 Å². The molecule has 5 nitrogen and oxygen atoms in total. The van der Waals surface area contributed by atoms with Gasteiger partial charge in [0, 0.05) is 24.7 Å². The van der Waals surface area contributed by atoms with Gasteiger partial charge in [-0.05, 0) is 18.6 Å². The predicted octanol–water partition coefficient (Wildman–Crippen LogP) is 1.64. The molecule has 2 aromatic rings. The topological polar surface area (TPSA) is 58.4 Å². The number of rotatable bonds is 3. The third-order valence-electron chi connectivity index (χ3n) is 4.01. The van der Waals surface area contributed by atoms with Crippen LogP contribution in [0.25, 0.3) is 5.69 Å². The predicted molar refractivity (Wildman–Crippen MR) is 79.4 cm³/mol. The molecule has 110 valence electrons. The molecule has 0 radical (unpaired) electrons. The minimum absolute atomic E-state index is 0.0271. The van der Waals surface area contributed by atoms with Crippen LogP contribution in [-0.2, 0) is 0 Å². The van der Waals surface area contributed by atoms with Gasteiger partial charge in [-0.3, -0.25) is 4.79 Å². The van der Waals surface area contributed by atoms with Crippen LogP contribution in [-0.4, -0.2) is 45.4 Å². The highest BCUT2D eigenvalue weighted by atomic mass is 16.3. The molecule has 3 rings (SSSR count). The first kappa shape index (κ1) is 13.8. The van der Waals surface area contributed by atoms with Crippen molar-refractivity contribution in [1.82, 2.24) is 14.7 Å². The molecule has 0 unspecified atom stereocenters. The van der Waals surface area contributed by atoms with Gasteiger partial charge < -0.3 is 10.0 Å². The van der Waals surface area contributed by atoms with Gasteiger partial charge in [-0.15, -0.1) is 0 Å². The Morgan fingerprint density at radius 3 is 2.76 bits per heavy atom. The van der Waals surface area contributed by atoms with Gasteiger partial charge in [0.05, 0.1) is 24.1 Å². The minimum Gasteiger partial charge on any atom is -0.396 e. The summed E-state index contributed by atoms with van der Waals surface area (Å²) in [6.45, 7) is 5.29. The van der Waals surface area contributed by atoms with E-state index in [9.17, 15) is 9.90 Å². The molecule has 1 saturated heterocycles. The molecular weight excluding hydrogens is 266 g/mol. The number of carbonyl (C=O) groups excluding carboxylic acids is 1. The quantitative estimate of drug-likeness (QED) is 0.932. The van der Waals surface area contributed by atoms with Gasteiger partial charge in [0.15, 0.2) is 0 Å². The lowest BCUT2D eigenvalue weighted by Gasteiger charge is -2.46. The number of aryl methyl sites for hydroxylation is 1. The first-order valence-electron chi connectivity index (χ1n) is 7.03. The molecule has 1 aliphatic rings. The number of hydrogen-bond acceptors (Lipinski definition) is 3. The highest BCUT2D eigenvalue weighted by Crippen LogP contribution is 2.30. The van der Waals surface area contributed by atoms with E-state index < -0.39 is 0 Å². The Kier molecular flexibility index (Phi) is 3.29. The van der Waals surface area contributed by atoms with Gasteiger partial charge in [-0.1, -0.05) is 25.1 Å². The van der Waals surface area contributed by atoms with Crippen LogP contribution in [0.3, 0.4) is 0 Å². The third-order valence-corrected chi connectivity index (χ3v) is 4.01.